The Morgan fingerprint density at radius 3 is 2.55 bits per heavy atom. The molecule has 4 rings (SSSR count). The summed E-state index contributed by atoms with van der Waals surface area (Å²) in [6, 6.07) is 15.2. The summed E-state index contributed by atoms with van der Waals surface area (Å²) in [6.45, 7) is 6.05. The molecule has 2 aromatic carbocycles. The van der Waals surface area contributed by atoms with E-state index in [1.165, 1.54) is 18.3 Å². The first-order valence-corrected chi connectivity index (χ1v) is 10.6. The zero-order valence-corrected chi connectivity index (χ0v) is 19.1. The van der Waals surface area contributed by atoms with Crippen molar-refractivity contribution in [2.24, 2.45) is 0 Å². The molecular weight excluding hydrogens is 420 g/mol. The lowest BCUT2D eigenvalue weighted by Gasteiger charge is -2.44. The second kappa shape index (κ2) is 8.54. The van der Waals surface area contributed by atoms with E-state index in [1.54, 1.807) is 11.5 Å². The van der Waals surface area contributed by atoms with Crippen LogP contribution in [0.3, 0.4) is 0 Å². The summed E-state index contributed by atoms with van der Waals surface area (Å²) in [7, 11) is 1.24. The van der Waals surface area contributed by atoms with Crippen molar-refractivity contribution in [3.63, 3.8) is 0 Å². The number of ether oxygens (including phenoxy) is 1. The van der Waals surface area contributed by atoms with E-state index in [4.69, 9.17) is 4.74 Å². The number of benzene rings is 2. The van der Waals surface area contributed by atoms with Gasteiger partial charge in [-0.2, -0.15) is 0 Å². The minimum absolute atomic E-state index is 0.0652. The highest BCUT2D eigenvalue weighted by Gasteiger charge is 2.50. The molecule has 0 radical (unpaired) electrons. The average Bonchev–Trinajstić information content (AvgIpc) is 3.24. The predicted octanol–water partition coefficient (Wildman–Crippen LogP) is 3.02. The molecule has 0 fully saturated rings. The van der Waals surface area contributed by atoms with Crippen LogP contribution in [0, 0.1) is 13.8 Å². The zero-order chi connectivity index (χ0) is 23.8. The lowest BCUT2D eigenvalue weighted by atomic mass is 9.91. The van der Waals surface area contributed by atoms with Crippen LogP contribution in [0.4, 0.5) is 5.69 Å². The lowest BCUT2D eigenvalue weighted by Crippen LogP contribution is -2.64. The number of fused-ring (bicyclic) bond motifs is 1. The topological polar surface area (TPSA) is 93.5 Å². The lowest BCUT2D eigenvalue weighted by molar-refractivity contribution is -0.126. The quantitative estimate of drug-likeness (QED) is 0.608. The molecule has 2 heterocycles. The molecule has 0 aliphatic carbocycles. The van der Waals surface area contributed by atoms with Gasteiger partial charge in [-0.25, -0.2) is 9.78 Å². The van der Waals surface area contributed by atoms with Crippen LogP contribution in [-0.2, 0) is 22.6 Å². The first-order valence-electron chi connectivity index (χ1n) is 10.6. The van der Waals surface area contributed by atoms with Crippen molar-refractivity contribution >= 4 is 23.5 Å². The van der Waals surface area contributed by atoms with Crippen molar-refractivity contribution in [3.8, 4) is 0 Å². The van der Waals surface area contributed by atoms with E-state index in [0.29, 0.717) is 12.2 Å². The number of aryl methyl sites for hydroxylation is 1. The van der Waals surface area contributed by atoms with E-state index in [0.717, 1.165) is 16.7 Å². The number of rotatable bonds is 5. The Labute approximate surface area is 192 Å². The van der Waals surface area contributed by atoms with E-state index in [9.17, 15) is 14.4 Å². The molecule has 170 valence electrons. The molecule has 0 spiro atoms. The van der Waals surface area contributed by atoms with Crippen LogP contribution in [0.15, 0.2) is 54.9 Å². The fraction of sp³-hybridized carbons (Fsp3) is 0.280. The van der Waals surface area contributed by atoms with E-state index in [1.807, 2.05) is 62.4 Å². The van der Waals surface area contributed by atoms with Gasteiger partial charge in [0, 0.05) is 12.2 Å². The van der Waals surface area contributed by atoms with Crippen LogP contribution in [0.5, 0.6) is 0 Å². The molecule has 1 aliphatic heterocycles. The number of esters is 1. The maximum absolute atomic E-state index is 13.9. The van der Waals surface area contributed by atoms with Gasteiger partial charge in [0.2, 0.25) is 5.91 Å². The summed E-state index contributed by atoms with van der Waals surface area (Å²) in [5.74, 6) is -1.49. The summed E-state index contributed by atoms with van der Waals surface area (Å²) in [4.78, 5) is 45.3. The van der Waals surface area contributed by atoms with Crippen molar-refractivity contribution in [2.45, 2.75) is 39.4 Å². The van der Waals surface area contributed by atoms with Gasteiger partial charge in [-0.05, 0) is 43.5 Å². The van der Waals surface area contributed by atoms with Crippen LogP contribution < -0.4 is 10.2 Å². The fourth-order valence-electron chi connectivity index (χ4n) is 4.20. The first kappa shape index (κ1) is 22.3. The van der Waals surface area contributed by atoms with Crippen LogP contribution in [-0.4, -0.2) is 40.0 Å². The Balaban J connectivity index is 1.80. The molecule has 0 saturated carbocycles. The van der Waals surface area contributed by atoms with Gasteiger partial charge in [-0.3, -0.25) is 14.5 Å². The molecule has 1 aromatic heterocycles. The summed E-state index contributed by atoms with van der Waals surface area (Å²) in [6.07, 6.45) is 1.41. The molecule has 0 bridgehead atoms. The minimum atomic E-state index is -1.26. The Morgan fingerprint density at radius 1 is 1.12 bits per heavy atom. The number of amides is 2. The van der Waals surface area contributed by atoms with Crippen molar-refractivity contribution in [1.82, 2.24) is 14.9 Å². The number of nitrogens with one attached hydrogen (secondary N) is 1. The SMILES string of the molecule is COC(=O)c1ncn2c1C(=O)N(c1cccc(C)c1C)[C@@](C)(C(=O)NCc1ccccc1)C2. The van der Waals surface area contributed by atoms with Gasteiger partial charge in [0.15, 0.2) is 5.69 Å². The standard InChI is InChI=1S/C25H26N4O4/c1-16-9-8-12-19(17(16)2)29-22(30)21-20(23(31)33-4)27-15-28(21)14-25(29,3)24(32)26-13-18-10-6-5-7-11-18/h5-12,15H,13-14H2,1-4H3,(H,26,32)/t25-/m1/s1. The Morgan fingerprint density at radius 2 is 1.85 bits per heavy atom. The second-order valence-corrected chi connectivity index (χ2v) is 8.36. The predicted molar refractivity (Wildman–Crippen MR) is 123 cm³/mol. The molecule has 3 aromatic rings. The maximum atomic E-state index is 13.9. The first-order chi connectivity index (χ1) is 15.8. The highest BCUT2D eigenvalue weighted by atomic mass is 16.5. The van der Waals surface area contributed by atoms with Crippen LogP contribution in [0.25, 0.3) is 0 Å². The third-order valence-electron chi connectivity index (χ3n) is 6.20. The van der Waals surface area contributed by atoms with Crippen molar-refractivity contribution in [2.75, 3.05) is 12.0 Å². The number of carbonyl (C=O) groups is 3. The van der Waals surface area contributed by atoms with Crippen LogP contribution in [0.2, 0.25) is 0 Å². The maximum Gasteiger partial charge on any atom is 0.359 e. The molecule has 1 N–H and O–H groups in total. The zero-order valence-electron chi connectivity index (χ0n) is 19.1. The number of aromatic nitrogens is 2. The average molecular weight is 447 g/mol. The van der Waals surface area contributed by atoms with Gasteiger partial charge in [-0.15, -0.1) is 0 Å². The molecular formula is C25H26N4O4. The third kappa shape index (κ3) is 3.77. The molecule has 1 aliphatic rings. The number of anilines is 1. The number of hydrogen-bond acceptors (Lipinski definition) is 5. The van der Waals surface area contributed by atoms with Gasteiger partial charge in [0.1, 0.15) is 11.2 Å². The Kier molecular flexibility index (Phi) is 5.76. The highest BCUT2D eigenvalue weighted by Crippen LogP contribution is 2.36. The fourth-order valence-corrected chi connectivity index (χ4v) is 4.20. The van der Waals surface area contributed by atoms with Crippen molar-refractivity contribution in [1.29, 1.82) is 0 Å². The summed E-state index contributed by atoms with van der Waals surface area (Å²) in [5.41, 5.74) is 2.21. The van der Waals surface area contributed by atoms with E-state index in [-0.39, 0.29) is 23.8 Å². The van der Waals surface area contributed by atoms with E-state index >= 15 is 0 Å². The Bertz CT molecular complexity index is 1230. The van der Waals surface area contributed by atoms with Gasteiger partial charge < -0.3 is 14.6 Å². The second-order valence-electron chi connectivity index (χ2n) is 8.36. The van der Waals surface area contributed by atoms with Gasteiger partial charge in [0.25, 0.3) is 5.91 Å². The van der Waals surface area contributed by atoms with Crippen molar-refractivity contribution in [3.05, 3.63) is 82.9 Å². The van der Waals surface area contributed by atoms with Gasteiger partial charge in [0.05, 0.1) is 20.0 Å². The molecule has 0 unspecified atom stereocenters. The smallest absolute Gasteiger partial charge is 0.359 e. The minimum Gasteiger partial charge on any atom is -0.464 e. The monoisotopic (exact) mass is 446 g/mol. The van der Waals surface area contributed by atoms with Crippen LogP contribution >= 0.6 is 0 Å². The summed E-state index contributed by atoms with van der Waals surface area (Å²) < 4.78 is 6.37. The van der Waals surface area contributed by atoms with Gasteiger partial charge in [-0.1, -0.05) is 42.5 Å². The molecule has 8 heteroatoms. The molecule has 8 nitrogen and oxygen atoms in total. The van der Waals surface area contributed by atoms with E-state index in [2.05, 4.69) is 10.3 Å². The van der Waals surface area contributed by atoms with Gasteiger partial charge >= 0.3 is 5.97 Å². The number of nitrogens with zero attached hydrogens (tertiary/aromatic N) is 3. The van der Waals surface area contributed by atoms with Crippen molar-refractivity contribution < 1.29 is 19.1 Å². The molecule has 2 amide bonds. The van der Waals surface area contributed by atoms with Crippen LogP contribution in [0.1, 0.15) is 44.6 Å². The number of hydrogen-bond donors (Lipinski definition) is 1. The molecule has 33 heavy (non-hydrogen) atoms. The molecule has 0 saturated heterocycles. The normalized spacial score (nSPS) is 17.5. The van der Waals surface area contributed by atoms with E-state index < -0.39 is 17.4 Å². The number of imidazole rings is 1. The summed E-state index contributed by atoms with van der Waals surface area (Å²) >= 11 is 0. The largest absolute Gasteiger partial charge is 0.464 e. The number of carbonyl (C=O) groups excluding carboxylic acids is 3. The summed E-state index contributed by atoms with van der Waals surface area (Å²) in [5, 5.41) is 2.98. The Hall–Kier alpha value is -3.94. The highest BCUT2D eigenvalue weighted by molar-refractivity contribution is 6.15. The molecule has 1 atom stereocenters. The number of methoxy groups -OCH3 is 1. The third-order valence-corrected chi connectivity index (χ3v) is 6.20.